The van der Waals surface area contributed by atoms with E-state index >= 15 is 0 Å². The van der Waals surface area contributed by atoms with E-state index in [2.05, 4.69) is 9.36 Å². The molecule has 2 aromatic heterocycles. The molecule has 24 heavy (non-hydrogen) atoms. The molecule has 0 aromatic carbocycles. The second-order valence-corrected chi connectivity index (χ2v) is 6.31. The van der Waals surface area contributed by atoms with E-state index in [1.807, 2.05) is 6.92 Å². The van der Waals surface area contributed by atoms with Gasteiger partial charge in [0.15, 0.2) is 10.5 Å². The standard InChI is InChI=1S/C14H17F3N4O2S/c1-2-6-23-7-3-10(22)20-4-5-21-9(8-20)18-11-12(14(15,16)17)24-19-13(11)21/h2-8H2,1H3. The van der Waals surface area contributed by atoms with Crippen molar-refractivity contribution >= 4 is 28.6 Å². The lowest BCUT2D eigenvalue weighted by molar-refractivity contribution is -0.134. The molecule has 0 bridgehead atoms. The van der Waals surface area contributed by atoms with E-state index in [1.54, 1.807) is 9.47 Å². The minimum atomic E-state index is -4.46. The number of amides is 1. The Bertz CT molecular complexity index is 740. The number of carbonyl (C=O) groups is 1. The van der Waals surface area contributed by atoms with E-state index in [0.717, 1.165) is 6.42 Å². The molecular weight excluding hydrogens is 345 g/mol. The van der Waals surface area contributed by atoms with E-state index in [4.69, 9.17) is 4.74 Å². The molecule has 6 nitrogen and oxygen atoms in total. The van der Waals surface area contributed by atoms with Crippen molar-refractivity contribution in [1.82, 2.24) is 18.8 Å². The predicted octanol–water partition coefficient (Wildman–Crippen LogP) is 2.67. The van der Waals surface area contributed by atoms with Gasteiger partial charge in [-0.3, -0.25) is 4.79 Å². The Balaban J connectivity index is 1.73. The lowest BCUT2D eigenvalue weighted by Crippen LogP contribution is -2.38. The van der Waals surface area contributed by atoms with Gasteiger partial charge in [0.2, 0.25) is 5.91 Å². The van der Waals surface area contributed by atoms with Crippen molar-refractivity contribution in [3.63, 3.8) is 0 Å². The third kappa shape index (κ3) is 3.25. The number of hydrogen-bond donors (Lipinski definition) is 0. The summed E-state index contributed by atoms with van der Waals surface area (Å²) in [5.74, 6) is 0.367. The minimum absolute atomic E-state index is 0.0770. The number of imidazole rings is 1. The smallest absolute Gasteiger partial charge is 0.381 e. The third-order valence-electron chi connectivity index (χ3n) is 3.80. The largest absolute Gasteiger partial charge is 0.429 e. The first-order chi connectivity index (χ1) is 11.4. The lowest BCUT2D eigenvalue weighted by Gasteiger charge is -2.27. The Morgan fingerprint density at radius 3 is 2.83 bits per heavy atom. The van der Waals surface area contributed by atoms with Crippen LogP contribution in [0.2, 0.25) is 0 Å². The van der Waals surface area contributed by atoms with Gasteiger partial charge in [-0.05, 0) is 18.0 Å². The zero-order valence-corrected chi connectivity index (χ0v) is 13.9. The molecule has 3 rings (SSSR count). The Morgan fingerprint density at radius 2 is 2.12 bits per heavy atom. The molecular formula is C14H17F3N4O2S. The highest BCUT2D eigenvalue weighted by molar-refractivity contribution is 7.07. The molecule has 0 radical (unpaired) electrons. The van der Waals surface area contributed by atoms with Crippen molar-refractivity contribution in [2.45, 2.75) is 39.0 Å². The summed E-state index contributed by atoms with van der Waals surface area (Å²) in [4.78, 5) is 17.1. The van der Waals surface area contributed by atoms with Crippen LogP contribution in [0.15, 0.2) is 0 Å². The zero-order valence-electron chi connectivity index (χ0n) is 13.1. The fraction of sp³-hybridized carbons (Fsp3) is 0.643. The quantitative estimate of drug-likeness (QED) is 0.768. The van der Waals surface area contributed by atoms with Gasteiger partial charge in [0.1, 0.15) is 11.3 Å². The first kappa shape index (κ1) is 17.2. The summed E-state index contributed by atoms with van der Waals surface area (Å²) < 4.78 is 49.8. The second-order valence-electron chi connectivity index (χ2n) is 5.54. The normalized spacial score (nSPS) is 15.1. The maximum atomic E-state index is 13.0. The van der Waals surface area contributed by atoms with Crippen LogP contribution in [-0.2, 0) is 28.8 Å². The average Bonchev–Trinajstić information content (AvgIpc) is 3.08. The highest BCUT2D eigenvalue weighted by Gasteiger charge is 2.38. The van der Waals surface area contributed by atoms with Crippen LogP contribution in [0.4, 0.5) is 13.2 Å². The molecule has 1 aliphatic rings. The maximum absolute atomic E-state index is 13.0. The van der Waals surface area contributed by atoms with Crippen molar-refractivity contribution in [3.05, 3.63) is 10.7 Å². The Hall–Kier alpha value is -1.68. The molecule has 0 fully saturated rings. The number of hydrogen-bond acceptors (Lipinski definition) is 5. The molecule has 0 unspecified atom stereocenters. The third-order valence-corrected chi connectivity index (χ3v) is 4.67. The summed E-state index contributed by atoms with van der Waals surface area (Å²) in [6, 6.07) is 0. The van der Waals surface area contributed by atoms with Crippen molar-refractivity contribution in [3.8, 4) is 0 Å². The molecule has 0 saturated heterocycles. The van der Waals surface area contributed by atoms with Crippen molar-refractivity contribution < 1.29 is 22.7 Å². The van der Waals surface area contributed by atoms with Gasteiger partial charge in [-0.15, -0.1) is 0 Å². The van der Waals surface area contributed by atoms with Gasteiger partial charge in [0, 0.05) is 19.7 Å². The van der Waals surface area contributed by atoms with Crippen molar-refractivity contribution in [1.29, 1.82) is 0 Å². The number of aromatic nitrogens is 3. The first-order valence-electron chi connectivity index (χ1n) is 7.69. The fourth-order valence-corrected chi connectivity index (χ4v) is 3.35. The van der Waals surface area contributed by atoms with Gasteiger partial charge < -0.3 is 14.2 Å². The van der Waals surface area contributed by atoms with Crippen LogP contribution >= 0.6 is 11.5 Å². The number of carbonyl (C=O) groups excluding carboxylic acids is 1. The molecule has 1 amide bonds. The number of rotatable bonds is 5. The second kappa shape index (κ2) is 6.67. The number of fused-ring (bicyclic) bond motifs is 3. The highest BCUT2D eigenvalue weighted by Crippen LogP contribution is 2.38. The van der Waals surface area contributed by atoms with Gasteiger partial charge >= 0.3 is 6.18 Å². The van der Waals surface area contributed by atoms with Crippen LogP contribution < -0.4 is 0 Å². The molecule has 1 aliphatic heterocycles. The van der Waals surface area contributed by atoms with Gasteiger partial charge in [-0.2, -0.15) is 17.5 Å². The van der Waals surface area contributed by atoms with E-state index in [1.165, 1.54) is 0 Å². The molecule has 0 saturated carbocycles. The van der Waals surface area contributed by atoms with Crippen LogP contribution in [-0.4, -0.2) is 44.5 Å². The monoisotopic (exact) mass is 362 g/mol. The van der Waals surface area contributed by atoms with Gasteiger partial charge in [-0.1, -0.05) is 6.92 Å². The van der Waals surface area contributed by atoms with Gasteiger partial charge in [-0.25, -0.2) is 4.98 Å². The summed E-state index contributed by atoms with van der Waals surface area (Å²) in [5, 5.41) is 0. The molecule has 0 aliphatic carbocycles. The van der Waals surface area contributed by atoms with Crippen LogP contribution in [0.25, 0.3) is 11.2 Å². The summed E-state index contributed by atoms with van der Waals surface area (Å²) in [5.41, 5.74) is 0.129. The Kier molecular flexibility index (Phi) is 4.77. The minimum Gasteiger partial charge on any atom is -0.381 e. The van der Waals surface area contributed by atoms with Crippen molar-refractivity contribution in [2.24, 2.45) is 0 Å². The molecule has 10 heteroatoms. The number of alkyl halides is 3. The number of nitrogens with zero attached hydrogens (tertiary/aromatic N) is 4. The molecule has 3 heterocycles. The number of ether oxygens (including phenoxy) is 1. The molecule has 2 aromatic rings. The first-order valence-corrected chi connectivity index (χ1v) is 8.46. The van der Waals surface area contributed by atoms with Crippen LogP contribution in [0.3, 0.4) is 0 Å². The van der Waals surface area contributed by atoms with E-state index in [0.29, 0.717) is 43.7 Å². The highest BCUT2D eigenvalue weighted by atomic mass is 32.1. The zero-order chi connectivity index (χ0) is 17.3. The molecule has 132 valence electrons. The fourth-order valence-electron chi connectivity index (χ4n) is 2.66. The van der Waals surface area contributed by atoms with Crippen LogP contribution in [0.1, 0.15) is 30.5 Å². The lowest BCUT2D eigenvalue weighted by atomic mass is 10.3. The summed E-state index contributed by atoms with van der Waals surface area (Å²) in [6.07, 6.45) is -3.31. The van der Waals surface area contributed by atoms with Gasteiger partial charge in [0.05, 0.1) is 19.6 Å². The molecule has 0 N–H and O–H groups in total. The summed E-state index contributed by atoms with van der Waals surface area (Å²) >= 11 is 0.417. The van der Waals surface area contributed by atoms with Crippen LogP contribution in [0.5, 0.6) is 0 Å². The average molecular weight is 362 g/mol. The Labute approximate surface area is 140 Å². The van der Waals surface area contributed by atoms with Crippen LogP contribution in [0, 0.1) is 0 Å². The topological polar surface area (TPSA) is 60.2 Å². The molecule has 0 atom stereocenters. The Morgan fingerprint density at radius 1 is 1.33 bits per heavy atom. The van der Waals surface area contributed by atoms with E-state index in [9.17, 15) is 18.0 Å². The van der Waals surface area contributed by atoms with E-state index in [-0.39, 0.29) is 30.0 Å². The van der Waals surface area contributed by atoms with Gasteiger partial charge in [0.25, 0.3) is 0 Å². The predicted molar refractivity (Wildman–Crippen MR) is 81.6 cm³/mol. The number of halogens is 3. The SMILES string of the molecule is CCCOCCC(=O)N1CCn2c(nc3c(C(F)(F)F)snc32)C1. The molecule has 0 spiro atoms. The van der Waals surface area contributed by atoms with E-state index < -0.39 is 11.1 Å². The van der Waals surface area contributed by atoms with Crippen molar-refractivity contribution in [2.75, 3.05) is 19.8 Å². The summed E-state index contributed by atoms with van der Waals surface area (Å²) in [6.45, 7) is 3.98. The maximum Gasteiger partial charge on any atom is 0.429 e. The summed E-state index contributed by atoms with van der Waals surface area (Å²) in [7, 11) is 0.